The van der Waals surface area contributed by atoms with E-state index < -0.39 is 0 Å². The molecule has 0 saturated heterocycles. The Morgan fingerprint density at radius 3 is 2.83 bits per heavy atom. The van der Waals surface area contributed by atoms with E-state index >= 15 is 0 Å². The number of hydrogen-bond acceptors (Lipinski definition) is 4. The van der Waals surface area contributed by atoms with Crippen molar-refractivity contribution in [2.45, 2.75) is 25.7 Å². The maximum absolute atomic E-state index is 5.27. The predicted molar refractivity (Wildman–Crippen MR) is 46.6 cm³/mol. The van der Waals surface area contributed by atoms with Gasteiger partial charge in [0.2, 0.25) is 0 Å². The summed E-state index contributed by atoms with van der Waals surface area (Å²) in [5, 5.41) is 0. The summed E-state index contributed by atoms with van der Waals surface area (Å²) >= 11 is 0. The number of nitrogens with zero attached hydrogens (tertiary/aromatic N) is 2. The second kappa shape index (κ2) is 2.71. The Bertz CT molecular complexity index is 293. The first kappa shape index (κ1) is 7.49. The fraction of sp³-hybridized carbons (Fsp3) is 0.500. The molecule has 1 aromatic heterocycles. The first-order chi connectivity index (χ1) is 5.79. The SMILES string of the molecule is Cc1cc(NN)nc(C2CC2)n1. The summed E-state index contributed by atoms with van der Waals surface area (Å²) in [4.78, 5) is 8.60. The zero-order valence-corrected chi connectivity index (χ0v) is 7.04. The lowest BCUT2D eigenvalue weighted by Crippen LogP contribution is -2.10. The molecule has 0 atom stereocenters. The van der Waals surface area contributed by atoms with Gasteiger partial charge in [-0.05, 0) is 19.8 Å². The van der Waals surface area contributed by atoms with Gasteiger partial charge in [0.1, 0.15) is 11.6 Å². The second-order valence-electron chi connectivity index (χ2n) is 3.17. The Labute approximate surface area is 71.2 Å². The van der Waals surface area contributed by atoms with Gasteiger partial charge in [-0.25, -0.2) is 15.8 Å². The summed E-state index contributed by atoms with van der Waals surface area (Å²) in [6, 6.07) is 1.84. The first-order valence-electron chi connectivity index (χ1n) is 4.12. The Balaban J connectivity index is 2.34. The van der Waals surface area contributed by atoms with Crippen molar-refractivity contribution >= 4 is 5.82 Å². The van der Waals surface area contributed by atoms with Crippen LogP contribution in [0.1, 0.15) is 30.3 Å². The van der Waals surface area contributed by atoms with Crippen LogP contribution in [0.3, 0.4) is 0 Å². The van der Waals surface area contributed by atoms with E-state index in [0.29, 0.717) is 11.7 Å². The molecular formula is C8H12N4. The molecule has 3 N–H and O–H groups in total. The smallest absolute Gasteiger partial charge is 0.143 e. The lowest BCUT2D eigenvalue weighted by molar-refractivity contribution is 0.905. The van der Waals surface area contributed by atoms with Crippen LogP contribution in [0, 0.1) is 6.92 Å². The van der Waals surface area contributed by atoms with Crippen molar-refractivity contribution in [1.29, 1.82) is 0 Å². The van der Waals surface area contributed by atoms with E-state index in [1.54, 1.807) is 0 Å². The van der Waals surface area contributed by atoms with E-state index in [0.717, 1.165) is 11.5 Å². The van der Waals surface area contributed by atoms with Crippen LogP contribution in [0.15, 0.2) is 6.07 Å². The molecule has 0 radical (unpaired) electrons. The predicted octanol–water partition coefficient (Wildman–Crippen LogP) is 0.948. The van der Waals surface area contributed by atoms with Crippen LogP contribution in [0.25, 0.3) is 0 Å². The Hall–Kier alpha value is -1.16. The zero-order chi connectivity index (χ0) is 8.55. The minimum atomic E-state index is 0.581. The van der Waals surface area contributed by atoms with Crippen molar-refractivity contribution in [1.82, 2.24) is 9.97 Å². The van der Waals surface area contributed by atoms with Crippen molar-refractivity contribution in [3.8, 4) is 0 Å². The van der Waals surface area contributed by atoms with Gasteiger partial charge in [-0.1, -0.05) is 0 Å². The van der Waals surface area contributed by atoms with Crippen molar-refractivity contribution in [3.63, 3.8) is 0 Å². The molecule has 1 fully saturated rings. The molecule has 4 heteroatoms. The molecule has 1 heterocycles. The fourth-order valence-corrected chi connectivity index (χ4v) is 1.19. The quantitative estimate of drug-likeness (QED) is 0.504. The molecule has 0 bridgehead atoms. The highest BCUT2D eigenvalue weighted by atomic mass is 15.3. The monoisotopic (exact) mass is 164 g/mol. The van der Waals surface area contributed by atoms with Crippen molar-refractivity contribution in [3.05, 3.63) is 17.6 Å². The van der Waals surface area contributed by atoms with Crippen LogP contribution in [0.4, 0.5) is 5.82 Å². The summed E-state index contributed by atoms with van der Waals surface area (Å²) in [6.45, 7) is 1.95. The average molecular weight is 164 g/mol. The normalized spacial score (nSPS) is 16.2. The van der Waals surface area contributed by atoms with E-state index in [1.807, 2.05) is 13.0 Å². The highest BCUT2D eigenvalue weighted by Crippen LogP contribution is 2.38. The van der Waals surface area contributed by atoms with Crippen LogP contribution in [0.2, 0.25) is 0 Å². The first-order valence-corrected chi connectivity index (χ1v) is 4.12. The molecule has 1 aliphatic carbocycles. The molecule has 1 aromatic rings. The van der Waals surface area contributed by atoms with E-state index in [-0.39, 0.29) is 0 Å². The summed E-state index contributed by atoms with van der Waals surface area (Å²) in [6.07, 6.45) is 2.43. The van der Waals surface area contributed by atoms with Crippen molar-refractivity contribution in [2.24, 2.45) is 5.84 Å². The van der Waals surface area contributed by atoms with Crippen LogP contribution in [0.5, 0.6) is 0 Å². The highest BCUT2D eigenvalue weighted by Gasteiger charge is 2.26. The Kier molecular flexibility index (Phi) is 1.69. The number of hydrogen-bond donors (Lipinski definition) is 2. The van der Waals surface area contributed by atoms with Gasteiger partial charge in [0, 0.05) is 17.7 Å². The third-order valence-electron chi connectivity index (χ3n) is 1.96. The minimum absolute atomic E-state index is 0.581. The summed E-state index contributed by atoms with van der Waals surface area (Å²) in [5.41, 5.74) is 3.51. The lowest BCUT2D eigenvalue weighted by Gasteiger charge is -2.03. The summed E-state index contributed by atoms with van der Waals surface area (Å²) < 4.78 is 0. The Morgan fingerprint density at radius 1 is 1.50 bits per heavy atom. The summed E-state index contributed by atoms with van der Waals surface area (Å²) in [5.74, 6) is 7.49. The number of anilines is 1. The van der Waals surface area contributed by atoms with Gasteiger partial charge in [0.25, 0.3) is 0 Å². The molecule has 12 heavy (non-hydrogen) atoms. The number of rotatable bonds is 2. The van der Waals surface area contributed by atoms with Gasteiger partial charge in [-0.3, -0.25) is 0 Å². The van der Waals surface area contributed by atoms with E-state index in [9.17, 15) is 0 Å². The second-order valence-corrected chi connectivity index (χ2v) is 3.17. The standard InChI is InChI=1S/C8H12N4/c1-5-4-7(12-9)11-8(10-5)6-2-3-6/h4,6H,2-3,9H2,1H3,(H,10,11,12). The third kappa shape index (κ3) is 1.38. The molecule has 1 aliphatic rings. The molecule has 4 nitrogen and oxygen atoms in total. The molecule has 64 valence electrons. The molecular weight excluding hydrogens is 152 g/mol. The molecule has 0 spiro atoms. The maximum Gasteiger partial charge on any atom is 0.143 e. The largest absolute Gasteiger partial charge is 0.308 e. The molecule has 0 aromatic carbocycles. The van der Waals surface area contributed by atoms with Gasteiger partial charge >= 0.3 is 0 Å². The molecule has 0 aliphatic heterocycles. The lowest BCUT2D eigenvalue weighted by atomic mass is 10.3. The van der Waals surface area contributed by atoms with Gasteiger partial charge in [-0.15, -0.1) is 0 Å². The summed E-state index contributed by atoms with van der Waals surface area (Å²) in [7, 11) is 0. The highest BCUT2D eigenvalue weighted by molar-refractivity contribution is 5.35. The number of nitrogens with one attached hydrogen (secondary N) is 1. The van der Waals surface area contributed by atoms with Crippen molar-refractivity contribution < 1.29 is 0 Å². The van der Waals surface area contributed by atoms with E-state index in [4.69, 9.17) is 5.84 Å². The van der Waals surface area contributed by atoms with Crippen molar-refractivity contribution in [2.75, 3.05) is 5.43 Å². The molecule has 0 unspecified atom stereocenters. The number of nitrogen functional groups attached to an aromatic ring is 1. The Morgan fingerprint density at radius 2 is 2.25 bits per heavy atom. The number of hydrazine groups is 1. The average Bonchev–Trinajstić information content (AvgIpc) is 2.85. The van der Waals surface area contributed by atoms with Gasteiger partial charge < -0.3 is 5.43 Å². The fourth-order valence-electron chi connectivity index (χ4n) is 1.19. The number of aryl methyl sites for hydroxylation is 1. The molecule has 1 saturated carbocycles. The minimum Gasteiger partial charge on any atom is -0.308 e. The van der Waals surface area contributed by atoms with Gasteiger partial charge in [-0.2, -0.15) is 0 Å². The van der Waals surface area contributed by atoms with Crippen LogP contribution < -0.4 is 11.3 Å². The number of nitrogens with two attached hydrogens (primary N) is 1. The van der Waals surface area contributed by atoms with Crippen LogP contribution in [-0.2, 0) is 0 Å². The van der Waals surface area contributed by atoms with E-state index in [1.165, 1.54) is 12.8 Å². The van der Waals surface area contributed by atoms with Crippen LogP contribution in [-0.4, -0.2) is 9.97 Å². The van der Waals surface area contributed by atoms with Crippen LogP contribution >= 0.6 is 0 Å². The maximum atomic E-state index is 5.27. The zero-order valence-electron chi connectivity index (χ0n) is 7.04. The molecule has 0 amide bonds. The van der Waals surface area contributed by atoms with Gasteiger partial charge in [0.15, 0.2) is 0 Å². The van der Waals surface area contributed by atoms with E-state index in [2.05, 4.69) is 15.4 Å². The molecule has 2 rings (SSSR count). The topological polar surface area (TPSA) is 63.8 Å². The van der Waals surface area contributed by atoms with Gasteiger partial charge in [0.05, 0.1) is 0 Å². The third-order valence-corrected chi connectivity index (χ3v) is 1.96. The number of aromatic nitrogens is 2.